The molecule has 20 heavy (non-hydrogen) atoms. The second-order valence-electron chi connectivity index (χ2n) is 4.73. The van der Waals surface area contributed by atoms with Crippen molar-refractivity contribution in [2.75, 3.05) is 19.7 Å². The zero-order chi connectivity index (χ0) is 14.5. The van der Waals surface area contributed by atoms with Crippen LogP contribution in [0.3, 0.4) is 0 Å². The summed E-state index contributed by atoms with van der Waals surface area (Å²) in [6.45, 7) is 0.947. The van der Waals surface area contributed by atoms with Gasteiger partial charge < -0.3 is 15.4 Å². The van der Waals surface area contributed by atoms with E-state index in [0.29, 0.717) is 19.6 Å². The predicted molar refractivity (Wildman–Crippen MR) is 70.2 cm³/mol. The number of ether oxygens (including phenoxy) is 1. The number of aryl methyl sites for hydroxylation is 1. The number of morpholine rings is 1. The van der Waals surface area contributed by atoms with Gasteiger partial charge in [0.25, 0.3) is 0 Å². The van der Waals surface area contributed by atoms with Gasteiger partial charge in [0.1, 0.15) is 5.82 Å². The van der Waals surface area contributed by atoms with Crippen LogP contribution in [-0.4, -0.2) is 42.5 Å². The zero-order valence-corrected chi connectivity index (χ0v) is 11.0. The highest BCUT2D eigenvalue weighted by Gasteiger charge is 2.27. The number of nitrogens with zero attached hydrogens (tertiary/aromatic N) is 1. The summed E-state index contributed by atoms with van der Waals surface area (Å²) < 4.78 is 18.2. The van der Waals surface area contributed by atoms with E-state index in [4.69, 9.17) is 10.5 Å². The first-order valence-electron chi connectivity index (χ1n) is 6.49. The number of carbonyl (C=O) groups is 2. The molecule has 1 aliphatic heterocycles. The molecule has 0 bridgehead atoms. The Hall–Kier alpha value is -1.95. The van der Waals surface area contributed by atoms with E-state index in [1.54, 1.807) is 17.0 Å². The van der Waals surface area contributed by atoms with Gasteiger partial charge in [0.05, 0.1) is 13.2 Å². The van der Waals surface area contributed by atoms with Crippen molar-refractivity contribution in [2.24, 2.45) is 5.73 Å². The van der Waals surface area contributed by atoms with E-state index >= 15 is 0 Å². The smallest absolute Gasteiger partial charge is 0.248 e. The number of rotatable bonds is 4. The molecule has 1 fully saturated rings. The van der Waals surface area contributed by atoms with Crippen molar-refractivity contribution < 1.29 is 18.7 Å². The van der Waals surface area contributed by atoms with Crippen molar-refractivity contribution in [1.82, 2.24) is 4.90 Å². The number of carbonyl (C=O) groups excluding carboxylic acids is 2. The highest BCUT2D eigenvalue weighted by atomic mass is 19.1. The summed E-state index contributed by atoms with van der Waals surface area (Å²) in [6, 6.07) is 6.18. The lowest BCUT2D eigenvalue weighted by atomic mass is 10.1. The monoisotopic (exact) mass is 280 g/mol. The number of hydrogen-bond donors (Lipinski definition) is 1. The topological polar surface area (TPSA) is 72.6 Å². The molecule has 6 heteroatoms. The van der Waals surface area contributed by atoms with Crippen LogP contribution in [0.4, 0.5) is 4.39 Å². The van der Waals surface area contributed by atoms with E-state index in [2.05, 4.69) is 0 Å². The van der Waals surface area contributed by atoms with Crippen LogP contribution in [0.5, 0.6) is 0 Å². The maximum absolute atomic E-state index is 13.0. The minimum Gasteiger partial charge on any atom is -0.367 e. The lowest BCUT2D eigenvalue weighted by molar-refractivity contribution is -0.145. The highest BCUT2D eigenvalue weighted by molar-refractivity contribution is 5.81. The molecule has 0 spiro atoms. The van der Waals surface area contributed by atoms with Crippen molar-refractivity contribution in [3.8, 4) is 0 Å². The lowest BCUT2D eigenvalue weighted by Gasteiger charge is -2.31. The van der Waals surface area contributed by atoms with Crippen molar-refractivity contribution in [3.63, 3.8) is 0 Å². The molecule has 1 aliphatic rings. The van der Waals surface area contributed by atoms with Crippen LogP contribution in [0.1, 0.15) is 12.0 Å². The van der Waals surface area contributed by atoms with Crippen molar-refractivity contribution in [1.29, 1.82) is 0 Å². The Bertz CT molecular complexity index is 507. The van der Waals surface area contributed by atoms with Gasteiger partial charge in [-0.05, 0) is 24.1 Å². The quantitative estimate of drug-likeness (QED) is 0.871. The van der Waals surface area contributed by atoms with E-state index in [0.717, 1.165) is 5.56 Å². The average molecular weight is 280 g/mol. The van der Waals surface area contributed by atoms with Gasteiger partial charge in [-0.25, -0.2) is 4.39 Å². The average Bonchev–Trinajstić information content (AvgIpc) is 2.45. The molecule has 0 saturated carbocycles. The zero-order valence-electron chi connectivity index (χ0n) is 11.0. The fourth-order valence-electron chi connectivity index (χ4n) is 2.15. The first kappa shape index (κ1) is 14.5. The number of halogens is 1. The molecule has 0 radical (unpaired) electrons. The maximum atomic E-state index is 13.0. The summed E-state index contributed by atoms with van der Waals surface area (Å²) in [7, 11) is 0. The summed E-state index contributed by atoms with van der Waals surface area (Å²) >= 11 is 0. The first-order chi connectivity index (χ1) is 9.56. The Morgan fingerprint density at radius 2 is 2.25 bits per heavy atom. The molecule has 2 amide bonds. The SMILES string of the molecule is NC(=O)C1CN(C(=O)CCc2cccc(F)c2)CCO1. The van der Waals surface area contributed by atoms with Crippen molar-refractivity contribution in [2.45, 2.75) is 18.9 Å². The van der Waals surface area contributed by atoms with Crippen molar-refractivity contribution >= 4 is 11.8 Å². The molecule has 1 aromatic carbocycles. The molecule has 1 unspecified atom stereocenters. The Morgan fingerprint density at radius 1 is 1.45 bits per heavy atom. The fourth-order valence-corrected chi connectivity index (χ4v) is 2.15. The molecule has 1 saturated heterocycles. The molecule has 1 aromatic rings. The molecular weight excluding hydrogens is 263 g/mol. The summed E-state index contributed by atoms with van der Waals surface area (Å²) in [5.41, 5.74) is 5.94. The number of primary amides is 1. The number of hydrogen-bond acceptors (Lipinski definition) is 3. The minimum atomic E-state index is -0.734. The van der Waals surface area contributed by atoms with Gasteiger partial charge in [0, 0.05) is 13.0 Å². The van der Waals surface area contributed by atoms with Crippen LogP contribution in [0.2, 0.25) is 0 Å². The maximum Gasteiger partial charge on any atom is 0.248 e. The van der Waals surface area contributed by atoms with Crippen LogP contribution in [-0.2, 0) is 20.7 Å². The predicted octanol–water partition coefficient (Wildman–Crippen LogP) is 0.471. The first-order valence-corrected chi connectivity index (χ1v) is 6.49. The number of amides is 2. The molecule has 1 heterocycles. The third-order valence-corrected chi connectivity index (χ3v) is 3.25. The van der Waals surface area contributed by atoms with Gasteiger partial charge in [-0.1, -0.05) is 12.1 Å². The van der Waals surface area contributed by atoms with Crippen LogP contribution in [0, 0.1) is 5.82 Å². The third kappa shape index (κ3) is 3.77. The molecule has 2 N–H and O–H groups in total. The van der Waals surface area contributed by atoms with Gasteiger partial charge in [-0.2, -0.15) is 0 Å². The van der Waals surface area contributed by atoms with Gasteiger partial charge >= 0.3 is 0 Å². The lowest BCUT2D eigenvalue weighted by Crippen LogP contribution is -2.50. The van der Waals surface area contributed by atoms with Gasteiger partial charge in [-0.3, -0.25) is 9.59 Å². The highest BCUT2D eigenvalue weighted by Crippen LogP contribution is 2.10. The van der Waals surface area contributed by atoms with Gasteiger partial charge in [0.2, 0.25) is 11.8 Å². The molecule has 1 atom stereocenters. The molecular formula is C14H17FN2O3. The Balaban J connectivity index is 1.87. The van der Waals surface area contributed by atoms with E-state index in [1.807, 2.05) is 0 Å². The molecule has 108 valence electrons. The van der Waals surface area contributed by atoms with E-state index in [1.165, 1.54) is 12.1 Å². The van der Waals surface area contributed by atoms with E-state index in [9.17, 15) is 14.0 Å². The second-order valence-corrected chi connectivity index (χ2v) is 4.73. The van der Waals surface area contributed by atoms with Crippen LogP contribution < -0.4 is 5.73 Å². The van der Waals surface area contributed by atoms with Crippen molar-refractivity contribution in [3.05, 3.63) is 35.6 Å². The normalized spacial score (nSPS) is 18.9. The van der Waals surface area contributed by atoms with Crippen LogP contribution >= 0.6 is 0 Å². The minimum absolute atomic E-state index is 0.0798. The summed E-state index contributed by atoms with van der Waals surface area (Å²) in [5.74, 6) is -0.952. The fraction of sp³-hybridized carbons (Fsp3) is 0.429. The molecule has 2 rings (SSSR count). The summed E-state index contributed by atoms with van der Waals surface area (Å²) in [4.78, 5) is 24.7. The third-order valence-electron chi connectivity index (χ3n) is 3.25. The standard InChI is InChI=1S/C14H17FN2O3/c15-11-3-1-2-10(8-11)4-5-13(18)17-6-7-20-12(9-17)14(16)19/h1-3,8,12H,4-7,9H2,(H2,16,19). The molecule has 5 nitrogen and oxygen atoms in total. The van der Waals surface area contributed by atoms with Crippen LogP contribution in [0.25, 0.3) is 0 Å². The molecule has 0 aliphatic carbocycles. The van der Waals surface area contributed by atoms with Crippen LogP contribution in [0.15, 0.2) is 24.3 Å². The number of benzene rings is 1. The molecule has 0 aromatic heterocycles. The largest absolute Gasteiger partial charge is 0.367 e. The summed E-state index contributed by atoms with van der Waals surface area (Å²) in [6.07, 6.45) is 0.00582. The van der Waals surface area contributed by atoms with Gasteiger partial charge in [0.15, 0.2) is 6.10 Å². The summed E-state index contributed by atoms with van der Waals surface area (Å²) in [5, 5.41) is 0. The second kappa shape index (κ2) is 6.47. The Labute approximate surface area is 116 Å². The number of nitrogens with two attached hydrogens (primary N) is 1. The van der Waals surface area contributed by atoms with Gasteiger partial charge in [-0.15, -0.1) is 0 Å². The Kier molecular flexibility index (Phi) is 4.68. The van der Waals surface area contributed by atoms with E-state index in [-0.39, 0.29) is 24.7 Å². The Morgan fingerprint density at radius 3 is 2.95 bits per heavy atom. The van der Waals surface area contributed by atoms with E-state index < -0.39 is 12.0 Å².